The molecule has 23 heavy (non-hydrogen) atoms. The van der Waals surface area contributed by atoms with Crippen molar-refractivity contribution in [2.45, 2.75) is 32.6 Å². The van der Waals surface area contributed by atoms with Gasteiger partial charge in [-0.1, -0.05) is 11.6 Å². The molecule has 0 aliphatic carbocycles. The van der Waals surface area contributed by atoms with Crippen LogP contribution in [0.5, 0.6) is 0 Å². The van der Waals surface area contributed by atoms with E-state index >= 15 is 0 Å². The van der Waals surface area contributed by atoms with Gasteiger partial charge in [0, 0.05) is 27.4 Å². The molecule has 1 atom stereocenters. The third-order valence-corrected chi connectivity index (χ3v) is 4.45. The predicted molar refractivity (Wildman–Crippen MR) is 91.7 cm³/mol. The molecule has 0 aliphatic rings. The Morgan fingerprint density at radius 1 is 1.35 bits per heavy atom. The number of oxazole rings is 1. The van der Waals surface area contributed by atoms with Crippen molar-refractivity contribution in [1.82, 2.24) is 10.3 Å². The van der Waals surface area contributed by atoms with Crippen LogP contribution < -0.4 is 5.32 Å². The van der Waals surface area contributed by atoms with Crippen molar-refractivity contribution in [3.8, 4) is 11.5 Å². The zero-order valence-electron chi connectivity index (χ0n) is 13.3. The Balaban J connectivity index is 2.05. The van der Waals surface area contributed by atoms with Crippen LogP contribution in [0.3, 0.4) is 0 Å². The number of hydrogen-bond donors (Lipinski definition) is 1. The summed E-state index contributed by atoms with van der Waals surface area (Å²) < 4.78 is 17.7. The molecule has 0 aliphatic heterocycles. The zero-order valence-corrected chi connectivity index (χ0v) is 14.8. The minimum Gasteiger partial charge on any atom is -0.441 e. The van der Waals surface area contributed by atoms with Gasteiger partial charge in [-0.05, 0) is 45.0 Å². The van der Waals surface area contributed by atoms with Crippen molar-refractivity contribution in [1.29, 1.82) is 0 Å². The molecule has 0 spiro atoms. The number of rotatable bonds is 6. The second-order valence-corrected chi connectivity index (χ2v) is 7.37. The van der Waals surface area contributed by atoms with Gasteiger partial charge >= 0.3 is 0 Å². The summed E-state index contributed by atoms with van der Waals surface area (Å²) in [6.07, 6.45) is 0. The molecule has 1 N–H and O–H groups in total. The summed E-state index contributed by atoms with van der Waals surface area (Å²) in [7, 11) is -1.33. The van der Waals surface area contributed by atoms with E-state index < -0.39 is 10.8 Å². The summed E-state index contributed by atoms with van der Waals surface area (Å²) >= 11 is 5.86. The van der Waals surface area contributed by atoms with E-state index in [0.717, 1.165) is 5.56 Å². The lowest BCUT2D eigenvalue weighted by molar-refractivity contribution is -0.119. The number of benzene rings is 1. The van der Waals surface area contributed by atoms with E-state index in [9.17, 15) is 9.00 Å². The van der Waals surface area contributed by atoms with E-state index in [1.807, 2.05) is 26.0 Å². The second-order valence-electron chi connectivity index (χ2n) is 5.48. The summed E-state index contributed by atoms with van der Waals surface area (Å²) in [4.78, 5) is 16.0. The standard InChI is InChI=1S/C16H19ClN2O3S/c1-10(2)18-15(20)9-23(21)8-14-11(3)22-16(19-14)12-4-6-13(17)7-5-12/h4-7,10H,8-9H2,1-3H3,(H,18,20)/t23-/m0/s1. The van der Waals surface area contributed by atoms with Gasteiger partial charge in [-0.25, -0.2) is 4.98 Å². The average Bonchev–Trinajstić information content (AvgIpc) is 2.79. The van der Waals surface area contributed by atoms with Gasteiger partial charge in [0.25, 0.3) is 0 Å². The number of carbonyl (C=O) groups excluding carboxylic acids is 1. The molecule has 2 aromatic rings. The molecule has 1 aromatic heterocycles. The van der Waals surface area contributed by atoms with Gasteiger partial charge in [-0.3, -0.25) is 9.00 Å². The quantitative estimate of drug-likeness (QED) is 0.865. The topological polar surface area (TPSA) is 72.2 Å². The first-order chi connectivity index (χ1) is 10.8. The first kappa shape index (κ1) is 17.7. The fourth-order valence-electron chi connectivity index (χ4n) is 1.99. The van der Waals surface area contributed by atoms with Crippen molar-refractivity contribution < 1.29 is 13.4 Å². The maximum atomic E-state index is 12.1. The van der Waals surface area contributed by atoms with Crippen LogP contribution in [0, 0.1) is 6.92 Å². The van der Waals surface area contributed by atoms with Crippen LogP contribution in [-0.4, -0.2) is 26.9 Å². The number of amides is 1. The van der Waals surface area contributed by atoms with Gasteiger partial charge in [-0.15, -0.1) is 0 Å². The van der Waals surface area contributed by atoms with Gasteiger partial charge in [-0.2, -0.15) is 0 Å². The van der Waals surface area contributed by atoms with Crippen molar-refractivity contribution in [3.05, 3.63) is 40.7 Å². The Bertz CT molecular complexity index is 711. The molecule has 1 heterocycles. The summed E-state index contributed by atoms with van der Waals surface area (Å²) in [5.74, 6) is 0.984. The number of nitrogens with one attached hydrogen (secondary N) is 1. The number of aromatic nitrogens is 1. The molecule has 0 saturated heterocycles. The summed E-state index contributed by atoms with van der Waals surface area (Å²) in [5, 5.41) is 3.36. The van der Waals surface area contributed by atoms with Crippen LogP contribution in [0.4, 0.5) is 0 Å². The van der Waals surface area contributed by atoms with Gasteiger partial charge in [0.1, 0.15) is 11.5 Å². The molecule has 0 radical (unpaired) electrons. The first-order valence-corrected chi connectivity index (χ1v) is 9.08. The molecule has 1 amide bonds. The Labute approximate surface area is 142 Å². The Morgan fingerprint density at radius 3 is 2.61 bits per heavy atom. The monoisotopic (exact) mass is 354 g/mol. The molecular formula is C16H19ClN2O3S. The van der Waals surface area contributed by atoms with Crippen molar-refractivity contribution in [2.24, 2.45) is 0 Å². The normalized spacial score (nSPS) is 12.4. The highest BCUT2D eigenvalue weighted by atomic mass is 35.5. The zero-order chi connectivity index (χ0) is 17.0. The lowest BCUT2D eigenvalue weighted by Crippen LogP contribution is -2.34. The minimum absolute atomic E-state index is 0.0322. The van der Waals surface area contributed by atoms with Gasteiger partial charge < -0.3 is 9.73 Å². The number of nitrogens with zero attached hydrogens (tertiary/aromatic N) is 1. The molecule has 2 rings (SSSR count). The second kappa shape index (κ2) is 7.75. The lowest BCUT2D eigenvalue weighted by Gasteiger charge is -2.07. The van der Waals surface area contributed by atoms with Crippen LogP contribution in [0.15, 0.2) is 28.7 Å². The molecule has 1 aromatic carbocycles. The Kier molecular flexibility index (Phi) is 5.96. The maximum absolute atomic E-state index is 12.1. The number of aryl methyl sites for hydroxylation is 1. The van der Waals surface area contributed by atoms with E-state index in [4.69, 9.17) is 16.0 Å². The van der Waals surface area contributed by atoms with Crippen LogP contribution in [0.1, 0.15) is 25.3 Å². The molecule has 0 fully saturated rings. The highest BCUT2D eigenvalue weighted by Gasteiger charge is 2.16. The SMILES string of the molecule is Cc1oc(-c2ccc(Cl)cc2)nc1C[S@](=O)CC(=O)NC(C)C. The minimum atomic E-state index is -1.33. The van der Waals surface area contributed by atoms with E-state index in [1.165, 1.54) is 0 Å². The first-order valence-electron chi connectivity index (χ1n) is 7.21. The Hall–Kier alpha value is -1.66. The van der Waals surface area contributed by atoms with Crippen LogP contribution in [0.25, 0.3) is 11.5 Å². The average molecular weight is 355 g/mol. The van der Waals surface area contributed by atoms with E-state index in [-0.39, 0.29) is 23.5 Å². The number of carbonyl (C=O) groups is 1. The molecule has 124 valence electrons. The third-order valence-electron chi connectivity index (χ3n) is 3.02. The fourth-order valence-corrected chi connectivity index (χ4v) is 3.17. The maximum Gasteiger partial charge on any atom is 0.232 e. The van der Waals surface area contributed by atoms with Gasteiger partial charge in [0.2, 0.25) is 11.8 Å². The van der Waals surface area contributed by atoms with Gasteiger partial charge in [0.05, 0.1) is 11.4 Å². The summed E-state index contributed by atoms with van der Waals surface area (Å²) in [5.41, 5.74) is 1.40. The number of halogens is 1. The third kappa shape index (κ3) is 5.18. The molecule has 0 unspecified atom stereocenters. The highest BCUT2D eigenvalue weighted by Crippen LogP contribution is 2.23. The number of hydrogen-bond acceptors (Lipinski definition) is 4. The predicted octanol–water partition coefficient (Wildman–Crippen LogP) is 3.08. The molecule has 0 bridgehead atoms. The van der Waals surface area contributed by atoms with E-state index in [0.29, 0.717) is 22.4 Å². The highest BCUT2D eigenvalue weighted by molar-refractivity contribution is 7.84. The molecule has 7 heteroatoms. The molecule has 5 nitrogen and oxygen atoms in total. The van der Waals surface area contributed by atoms with Crippen LogP contribution in [0.2, 0.25) is 5.02 Å². The fraction of sp³-hybridized carbons (Fsp3) is 0.375. The summed E-state index contributed by atoms with van der Waals surface area (Å²) in [6, 6.07) is 7.16. The van der Waals surface area contributed by atoms with Crippen molar-refractivity contribution in [3.63, 3.8) is 0 Å². The Morgan fingerprint density at radius 2 is 2.00 bits per heavy atom. The smallest absolute Gasteiger partial charge is 0.232 e. The van der Waals surface area contributed by atoms with Gasteiger partial charge in [0.15, 0.2) is 0 Å². The van der Waals surface area contributed by atoms with Crippen LogP contribution in [-0.2, 0) is 21.3 Å². The van der Waals surface area contributed by atoms with Crippen molar-refractivity contribution in [2.75, 3.05) is 5.75 Å². The van der Waals surface area contributed by atoms with E-state index in [2.05, 4.69) is 10.3 Å². The summed E-state index contributed by atoms with van der Waals surface area (Å²) in [6.45, 7) is 5.50. The largest absolute Gasteiger partial charge is 0.441 e. The molecular weight excluding hydrogens is 336 g/mol. The van der Waals surface area contributed by atoms with Crippen molar-refractivity contribution >= 4 is 28.3 Å². The lowest BCUT2D eigenvalue weighted by atomic mass is 10.2. The van der Waals surface area contributed by atoms with E-state index in [1.54, 1.807) is 19.1 Å². The van der Waals surface area contributed by atoms with Crippen LogP contribution >= 0.6 is 11.6 Å². The molecule has 0 saturated carbocycles.